The van der Waals surface area contributed by atoms with Crippen LogP contribution >= 0.6 is 0 Å². The SMILES string of the molecule is COc1ccc(OCC(C)CO)c(CNCC(C)C)c1. The number of ether oxygens (including phenoxy) is 2. The standard InChI is InChI=1S/C16H27NO3/c1-12(2)8-17-9-14-7-15(19-4)5-6-16(14)20-11-13(3)10-18/h5-7,12-13,17-18H,8-11H2,1-4H3. The van der Waals surface area contributed by atoms with Crippen molar-refractivity contribution < 1.29 is 14.6 Å². The van der Waals surface area contributed by atoms with Gasteiger partial charge in [-0.1, -0.05) is 20.8 Å². The van der Waals surface area contributed by atoms with Crippen LogP contribution in [0.25, 0.3) is 0 Å². The van der Waals surface area contributed by atoms with Crippen LogP contribution in [0.5, 0.6) is 11.5 Å². The lowest BCUT2D eigenvalue weighted by molar-refractivity contribution is 0.173. The third-order valence-corrected chi connectivity index (χ3v) is 2.97. The molecule has 0 amide bonds. The first kappa shape index (κ1) is 16.8. The maximum atomic E-state index is 9.05. The van der Waals surface area contributed by atoms with Crippen LogP contribution in [0.4, 0.5) is 0 Å². The van der Waals surface area contributed by atoms with E-state index in [0.29, 0.717) is 12.5 Å². The summed E-state index contributed by atoms with van der Waals surface area (Å²) in [5.41, 5.74) is 1.08. The van der Waals surface area contributed by atoms with Crippen LogP contribution in [0.15, 0.2) is 18.2 Å². The Kier molecular flexibility index (Phi) is 7.41. The molecule has 1 aromatic rings. The van der Waals surface area contributed by atoms with Gasteiger partial charge in [-0.25, -0.2) is 0 Å². The molecule has 0 aromatic heterocycles. The summed E-state index contributed by atoms with van der Waals surface area (Å²) in [6.07, 6.45) is 0. The lowest BCUT2D eigenvalue weighted by atomic mass is 10.1. The lowest BCUT2D eigenvalue weighted by Gasteiger charge is -2.16. The number of aliphatic hydroxyl groups is 1. The number of hydrogen-bond donors (Lipinski definition) is 2. The van der Waals surface area contributed by atoms with E-state index in [0.717, 1.165) is 30.2 Å². The Morgan fingerprint density at radius 3 is 2.60 bits per heavy atom. The summed E-state index contributed by atoms with van der Waals surface area (Å²) >= 11 is 0. The average Bonchev–Trinajstić information content (AvgIpc) is 2.44. The van der Waals surface area contributed by atoms with E-state index in [1.54, 1.807) is 7.11 Å². The molecule has 4 nitrogen and oxygen atoms in total. The van der Waals surface area contributed by atoms with Crippen molar-refractivity contribution in [3.05, 3.63) is 23.8 Å². The van der Waals surface area contributed by atoms with Gasteiger partial charge in [0.05, 0.1) is 13.7 Å². The van der Waals surface area contributed by atoms with Crippen LogP contribution in [-0.4, -0.2) is 32.0 Å². The second-order valence-corrected chi connectivity index (χ2v) is 5.60. The quantitative estimate of drug-likeness (QED) is 0.730. The van der Waals surface area contributed by atoms with E-state index < -0.39 is 0 Å². The molecule has 0 saturated heterocycles. The second kappa shape index (κ2) is 8.82. The molecule has 0 aliphatic carbocycles. The van der Waals surface area contributed by atoms with Gasteiger partial charge in [-0.3, -0.25) is 0 Å². The highest BCUT2D eigenvalue weighted by atomic mass is 16.5. The highest BCUT2D eigenvalue weighted by Crippen LogP contribution is 2.24. The van der Waals surface area contributed by atoms with Gasteiger partial charge in [-0.15, -0.1) is 0 Å². The van der Waals surface area contributed by atoms with E-state index in [1.165, 1.54) is 0 Å². The van der Waals surface area contributed by atoms with Gasteiger partial charge in [0.15, 0.2) is 0 Å². The second-order valence-electron chi connectivity index (χ2n) is 5.60. The minimum absolute atomic E-state index is 0.133. The molecule has 0 aliphatic heterocycles. The molecule has 0 saturated carbocycles. The number of nitrogens with one attached hydrogen (secondary N) is 1. The predicted octanol–water partition coefficient (Wildman–Crippen LogP) is 2.45. The van der Waals surface area contributed by atoms with Gasteiger partial charge in [0.25, 0.3) is 0 Å². The van der Waals surface area contributed by atoms with Crippen LogP contribution in [0.3, 0.4) is 0 Å². The summed E-state index contributed by atoms with van der Waals surface area (Å²) in [6.45, 7) is 8.68. The van der Waals surface area contributed by atoms with Crippen LogP contribution in [-0.2, 0) is 6.54 Å². The smallest absolute Gasteiger partial charge is 0.124 e. The largest absolute Gasteiger partial charge is 0.497 e. The van der Waals surface area contributed by atoms with Crippen molar-refractivity contribution in [1.82, 2.24) is 5.32 Å². The molecule has 1 unspecified atom stereocenters. The van der Waals surface area contributed by atoms with E-state index in [4.69, 9.17) is 14.6 Å². The summed E-state index contributed by atoms with van der Waals surface area (Å²) in [5, 5.41) is 12.5. The maximum absolute atomic E-state index is 9.05. The molecule has 0 radical (unpaired) electrons. The van der Waals surface area contributed by atoms with Gasteiger partial charge < -0.3 is 19.9 Å². The predicted molar refractivity (Wildman–Crippen MR) is 81.3 cm³/mol. The average molecular weight is 281 g/mol. The molecule has 2 N–H and O–H groups in total. The normalized spacial score (nSPS) is 12.5. The summed E-state index contributed by atoms with van der Waals surface area (Å²) < 4.78 is 11.1. The molecule has 1 rings (SSSR count). The summed E-state index contributed by atoms with van der Waals surface area (Å²) in [4.78, 5) is 0. The van der Waals surface area contributed by atoms with Gasteiger partial charge in [-0.05, 0) is 30.7 Å². The Hall–Kier alpha value is -1.26. The minimum atomic E-state index is 0.133. The van der Waals surface area contributed by atoms with Crippen molar-refractivity contribution in [2.24, 2.45) is 11.8 Å². The molecular formula is C16H27NO3. The van der Waals surface area contributed by atoms with E-state index in [1.807, 2.05) is 25.1 Å². The lowest BCUT2D eigenvalue weighted by Crippen LogP contribution is -2.20. The molecule has 1 aromatic carbocycles. The Balaban J connectivity index is 2.70. The summed E-state index contributed by atoms with van der Waals surface area (Å²) in [7, 11) is 1.66. The van der Waals surface area contributed by atoms with Crippen molar-refractivity contribution in [1.29, 1.82) is 0 Å². The van der Waals surface area contributed by atoms with Crippen molar-refractivity contribution in [2.45, 2.75) is 27.3 Å². The van der Waals surface area contributed by atoms with Crippen molar-refractivity contribution >= 4 is 0 Å². The van der Waals surface area contributed by atoms with Crippen LogP contribution in [0, 0.1) is 11.8 Å². The zero-order chi connectivity index (χ0) is 15.0. The molecule has 4 heteroatoms. The number of benzene rings is 1. The van der Waals surface area contributed by atoms with E-state index >= 15 is 0 Å². The fraction of sp³-hybridized carbons (Fsp3) is 0.625. The third kappa shape index (κ3) is 5.80. The third-order valence-electron chi connectivity index (χ3n) is 2.97. The minimum Gasteiger partial charge on any atom is -0.497 e. The number of methoxy groups -OCH3 is 1. The van der Waals surface area contributed by atoms with Crippen LogP contribution in [0.2, 0.25) is 0 Å². The number of hydrogen-bond acceptors (Lipinski definition) is 4. The first-order valence-corrected chi connectivity index (χ1v) is 7.18. The Bertz CT molecular complexity index is 393. The van der Waals surface area contributed by atoms with Gasteiger partial charge in [0.2, 0.25) is 0 Å². The highest BCUT2D eigenvalue weighted by Gasteiger charge is 2.08. The topological polar surface area (TPSA) is 50.7 Å². The molecule has 0 heterocycles. The zero-order valence-corrected chi connectivity index (χ0v) is 13.0. The van der Waals surface area contributed by atoms with E-state index in [-0.39, 0.29) is 12.5 Å². The molecule has 0 aliphatic rings. The van der Waals surface area contributed by atoms with Crippen molar-refractivity contribution in [3.63, 3.8) is 0 Å². The first-order valence-electron chi connectivity index (χ1n) is 7.18. The first-order chi connectivity index (χ1) is 9.56. The van der Waals surface area contributed by atoms with Gasteiger partial charge in [0, 0.05) is 24.6 Å². The fourth-order valence-corrected chi connectivity index (χ4v) is 1.74. The molecule has 20 heavy (non-hydrogen) atoms. The Morgan fingerprint density at radius 1 is 1.25 bits per heavy atom. The summed E-state index contributed by atoms with van der Waals surface area (Å²) in [6, 6.07) is 5.81. The maximum Gasteiger partial charge on any atom is 0.124 e. The molecular weight excluding hydrogens is 254 g/mol. The van der Waals surface area contributed by atoms with Gasteiger partial charge in [0.1, 0.15) is 11.5 Å². The molecule has 0 spiro atoms. The summed E-state index contributed by atoms with van der Waals surface area (Å²) in [5.74, 6) is 2.42. The van der Waals surface area contributed by atoms with Gasteiger partial charge >= 0.3 is 0 Å². The Labute approximate surface area is 122 Å². The number of aliphatic hydroxyl groups excluding tert-OH is 1. The van der Waals surface area contributed by atoms with E-state index in [2.05, 4.69) is 19.2 Å². The highest BCUT2D eigenvalue weighted by molar-refractivity contribution is 5.40. The fourth-order valence-electron chi connectivity index (χ4n) is 1.74. The zero-order valence-electron chi connectivity index (χ0n) is 13.0. The van der Waals surface area contributed by atoms with Crippen molar-refractivity contribution in [3.8, 4) is 11.5 Å². The molecule has 0 bridgehead atoms. The molecule has 0 fully saturated rings. The van der Waals surface area contributed by atoms with Crippen LogP contribution < -0.4 is 14.8 Å². The van der Waals surface area contributed by atoms with Gasteiger partial charge in [-0.2, -0.15) is 0 Å². The molecule has 1 atom stereocenters. The van der Waals surface area contributed by atoms with Crippen molar-refractivity contribution in [2.75, 3.05) is 26.9 Å². The monoisotopic (exact) mass is 281 g/mol. The number of rotatable bonds is 9. The Morgan fingerprint density at radius 2 is 2.00 bits per heavy atom. The molecule has 114 valence electrons. The van der Waals surface area contributed by atoms with Crippen LogP contribution in [0.1, 0.15) is 26.3 Å². The van der Waals surface area contributed by atoms with E-state index in [9.17, 15) is 0 Å².